The van der Waals surface area contributed by atoms with Crippen LogP contribution in [0.3, 0.4) is 0 Å². The Bertz CT molecular complexity index is 550. The van der Waals surface area contributed by atoms with Crippen molar-refractivity contribution in [1.29, 1.82) is 0 Å². The standard InChI is InChI=1S/C17H26N4OS.HI/c1-4-15-12-21(9-10-23-15)17(19-3)20-11-13-5-7-14(8-6-13)16(22)18-2;/h5-8,15H,4,9-12H2,1-3H3,(H,18,22)(H,19,20);1H. The molecule has 2 N–H and O–H groups in total. The van der Waals surface area contributed by atoms with Gasteiger partial charge in [-0.15, -0.1) is 24.0 Å². The molecular weight excluding hydrogens is 435 g/mol. The largest absolute Gasteiger partial charge is 0.355 e. The summed E-state index contributed by atoms with van der Waals surface area (Å²) in [7, 11) is 3.47. The number of rotatable bonds is 4. The second-order valence-electron chi connectivity index (χ2n) is 5.52. The van der Waals surface area contributed by atoms with Crippen molar-refractivity contribution >= 4 is 47.6 Å². The van der Waals surface area contributed by atoms with E-state index >= 15 is 0 Å². The molecule has 0 spiro atoms. The highest BCUT2D eigenvalue weighted by Crippen LogP contribution is 2.21. The molecule has 0 aromatic heterocycles. The third kappa shape index (κ3) is 5.84. The summed E-state index contributed by atoms with van der Waals surface area (Å²) in [5, 5.41) is 6.75. The predicted octanol–water partition coefficient (Wildman–Crippen LogP) is 2.57. The molecule has 24 heavy (non-hydrogen) atoms. The van der Waals surface area contributed by atoms with Crippen LogP contribution in [-0.2, 0) is 6.54 Å². The number of aliphatic imine (C=N–C) groups is 1. The maximum atomic E-state index is 11.5. The van der Waals surface area contributed by atoms with Crippen LogP contribution in [0.15, 0.2) is 29.3 Å². The zero-order chi connectivity index (χ0) is 16.7. The molecule has 1 aromatic carbocycles. The first-order valence-electron chi connectivity index (χ1n) is 8.06. The van der Waals surface area contributed by atoms with E-state index < -0.39 is 0 Å². The fourth-order valence-electron chi connectivity index (χ4n) is 2.59. The minimum atomic E-state index is -0.0586. The summed E-state index contributed by atoms with van der Waals surface area (Å²) >= 11 is 2.05. The van der Waals surface area contributed by atoms with Crippen molar-refractivity contribution < 1.29 is 4.79 Å². The first-order chi connectivity index (χ1) is 11.2. The average Bonchev–Trinajstić information content (AvgIpc) is 2.62. The van der Waals surface area contributed by atoms with Gasteiger partial charge in [0.15, 0.2) is 5.96 Å². The molecule has 7 heteroatoms. The smallest absolute Gasteiger partial charge is 0.251 e. The van der Waals surface area contributed by atoms with Crippen LogP contribution in [0.2, 0.25) is 0 Å². The number of carbonyl (C=O) groups excluding carboxylic acids is 1. The highest BCUT2D eigenvalue weighted by molar-refractivity contribution is 14.0. The number of hydrogen-bond donors (Lipinski definition) is 2. The Morgan fingerprint density at radius 3 is 2.67 bits per heavy atom. The lowest BCUT2D eigenvalue weighted by molar-refractivity contribution is 0.0963. The molecule has 1 aliphatic rings. The van der Waals surface area contributed by atoms with E-state index in [1.807, 2.05) is 31.3 Å². The molecule has 1 aliphatic heterocycles. The lowest BCUT2D eigenvalue weighted by atomic mass is 10.1. The van der Waals surface area contributed by atoms with Crippen molar-refractivity contribution in [1.82, 2.24) is 15.5 Å². The van der Waals surface area contributed by atoms with E-state index in [-0.39, 0.29) is 29.9 Å². The van der Waals surface area contributed by atoms with Gasteiger partial charge in [-0.2, -0.15) is 11.8 Å². The SMILES string of the molecule is CCC1CN(C(=NC)NCc2ccc(C(=O)NC)cc2)CCS1.I. The van der Waals surface area contributed by atoms with Crippen LogP contribution in [0.5, 0.6) is 0 Å². The predicted molar refractivity (Wildman–Crippen MR) is 114 cm³/mol. The fourth-order valence-corrected chi connectivity index (χ4v) is 3.77. The summed E-state index contributed by atoms with van der Waals surface area (Å²) in [6.07, 6.45) is 1.19. The number of benzene rings is 1. The molecule has 134 valence electrons. The van der Waals surface area contributed by atoms with Crippen molar-refractivity contribution in [2.24, 2.45) is 4.99 Å². The zero-order valence-electron chi connectivity index (χ0n) is 14.5. The Morgan fingerprint density at radius 1 is 1.38 bits per heavy atom. The molecule has 1 atom stereocenters. The maximum Gasteiger partial charge on any atom is 0.251 e. The lowest BCUT2D eigenvalue weighted by Gasteiger charge is -2.34. The van der Waals surface area contributed by atoms with Crippen molar-refractivity contribution in [3.63, 3.8) is 0 Å². The molecule has 0 bridgehead atoms. The number of nitrogens with one attached hydrogen (secondary N) is 2. The Labute approximate surface area is 166 Å². The summed E-state index contributed by atoms with van der Waals surface area (Å²) in [5.41, 5.74) is 1.82. The van der Waals surface area contributed by atoms with Gasteiger partial charge in [0, 0.05) is 50.3 Å². The first-order valence-corrected chi connectivity index (χ1v) is 9.11. The summed E-state index contributed by atoms with van der Waals surface area (Å²) in [5.74, 6) is 2.05. The maximum absolute atomic E-state index is 11.5. The topological polar surface area (TPSA) is 56.7 Å². The number of hydrogen-bond acceptors (Lipinski definition) is 3. The number of carbonyl (C=O) groups is 1. The monoisotopic (exact) mass is 462 g/mol. The number of thioether (sulfide) groups is 1. The Hall–Kier alpha value is -0.960. The molecule has 1 heterocycles. The van der Waals surface area contributed by atoms with Crippen molar-refractivity contribution in [3.05, 3.63) is 35.4 Å². The summed E-state index contributed by atoms with van der Waals surface area (Å²) in [6.45, 7) is 5.04. The minimum absolute atomic E-state index is 0. The average molecular weight is 462 g/mol. The van der Waals surface area contributed by atoms with E-state index in [0.717, 1.165) is 30.4 Å². The van der Waals surface area contributed by atoms with Crippen LogP contribution in [0.4, 0.5) is 0 Å². The number of guanidine groups is 1. The molecule has 0 aliphatic carbocycles. The van der Waals surface area contributed by atoms with Crippen LogP contribution in [0.25, 0.3) is 0 Å². The third-order valence-corrected chi connectivity index (χ3v) is 5.37. The fraction of sp³-hybridized carbons (Fsp3) is 0.529. The molecule has 1 saturated heterocycles. The second kappa shape index (κ2) is 10.8. The van der Waals surface area contributed by atoms with Crippen LogP contribution in [-0.4, -0.2) is 55.0 Å². The van der Waals surface area contributed by atoms with E-state index in [0.29, 0.717) is 17.4 Å². The van der Waals surface area contributed by atoms with E-state index in [1.54, 1.807) is 7.05 Å². The molecule has 2 rings (SSSR count). The van der Waals surface area contributed by atoms with Crippen LogP contribution < -0.4 is 10.6 Å². The van der Waals surface area contributed by atoms with Gasteiger partial charge in [-0.3, -0.25) is 9.79 Å². The highest BCUT2D eigenvalue weighted by Gasteiger charge is 2.21. The zero-order valence-corrected chi connectivity index (χ0v) is 17.7. The summed E-state index contributed by atoms with van der Waals surface area (Å²) in [4.78, 5) is 18.3. The quantitative estimate of drug-likeness (QED) is 0.411. The Balaban J connectivity index is 0.00000288. The van der Waals surface area contributed by atoms with Crippen LogP contribution in [0.1, 0.15) is 29.3 Å². The van der Waals surface area contributed by atoms with Gasteiger partial charge in [-0.25, -0.2) is 0 Å². The first kappa shape index (κ1) is 21.1. The highest BCUT2D eigenvalue weighted by atomic mass is 127. The number of halogens is 1. The van der Waals surface area contributed by atoms with E-state index in [2.05, 4.69) is 39.2 Å². The normalized spacial score (nSPS) is 17.9. The Kier molecular flexibility index (Phi) is 9.50. The van der Waals surface area contributed by atoms with Gasteiger partial charge in [0.2, 0.25) is 0 Å². The van der Waals surface area contributed by atoms with Crippen molar-refractivity contribution in [3.8, 4) is 0 Å². The van der Waals surface area contributed by atoms with Gasteiger partial charge in [-0.1, -0.05) is 19.1 Å². The molecular formula is C17H27IN4OS. The number of amides is 1. The van der Waals surface area contributed by atoms with E-state index in [4.69, 9.17) is 0 Å². The van der Waals surface area contributed by atoms with Crippen molar-refractivity contribution in [2.45, 2.75) is 25.1 Å². The summed E-state index contributed by atoms with van der Waals surface area (Å²) in [6, 6.07) is 7.66. The number of nitrogens with zero attached hydrogens (tertiary/aromatic N) is 2. The Morgan fingerprint density at radius 2 is 2.08 bits per heavy atom. The van der Waals surface area contributed by atoms with E-state index in [1.165, 1.54) is 6.42 Å². The third-order valence-electron chi connectivity index (χ3n) is 4.00. The van der Waals surface area contributed by atoms with Gasteiger partial charge in [0.1, 0.15) is 0 Å². The molecule has 0 saturated carbocycles. The molecule has 1 unspecified atom stereocenters. The minimum Gasteiger partial charge on any atom is -0.355 e. The lowest BCUT2D eigenvalue weighted by Crippen LogP contribution is -2.47. The summed E-state index contributed by atoms with van der Waals surface area (Å²) < 4.78 is 0. The van der Waals surface area contributed by atoms with Crippen LogP contribution >= 0.6 is 35.7 Å². The van der Waals surface area contributed by atoms with Gasteiger partial charge in [0.05, 0.1) is 0 Å². The van der Waals surface area contributed by atoms with Gasteiger partial charge in [0.25, 0.3) is 5.91 Å². The van der Waals surface area contributed by atoms with Gasteiger partial charge < -0.3 is 15.5 Å². The second-order valence-corrected chi connectivity index (χ2v) is 6.93. The van der Waals surface area contributed by atoms with Crippen molar-refractivity contribution in [2.75, 3.05) is 32.9 Å². The molecule has 5 nitrogen and oxygen atoms in total. The molecule has 0 radical (unpaired) electrons. The molecule has 1 aromatic rings. The molecule has 1 amide bonds. The van der Waals surface area contributed by atoms with Crippen LogP contribution in [0, 0.1) is 0 Å². The van der Waals surface area contributed by atoms with Gasteiger partial charge >= 0.3 is 0 Å². The molecule has 1 fully saturated rings. The van der Waals surface area contributed by atoms with E-state index in [9.17, 15) is 4.79 Å². The van der Waals surface area contributed by atoms with Gasteiger partial charge in [-0.05, 0) is 24.1 Å².